The van der Waals surface area contributed by atoms with Crippen molar-refractivity contribution >= 4 is 34.6 Å². The third-order valence-corrected chi connectivity index (χ3v) is 5.26. The summed E-state index contributed by atoms with van der Waals surface area (Å²) < 4.78 is 1.92. The highest BCUT2D eigenvalue weighted by atomic mass is 32.2. The molecule has 3 aromatic rings. The SMILES string of the molecule is CCCCc1nc2ccccc2n1CC(=O)NNC(=O)CSc1ccccc1. The van der Waals surface area contributed by atoms with Crippen LogP contribution in [0, 0.1) is 0 Å². The van der Waals surface area contributed by atoms with Crippen molar-refractivity contribution in [3.05, 3.63) is 60.4 Å². The normalized spacial score (nSPS) is 10.8. The lowest BCUT2D eigenvalue weighted by Gasteiger charge is -2.11. The van der Waals surface area contributed by atoms with Gasteiger partial charge in [-0.25, -0.2) is 4.98 Å². The van der Waals surface area contributed by atoms with Gasteiger partial charge in [-0.2, -0.15) is 0 Å². The van der Waals surface area contributed by atoms with Gasteiger partial charge in [-0.05, 0) is 30.7 Å². The molecule has 0 fully saturated rings. The maximum atomic E-state index is 12.4. The lowest BCUT2D eigenvalue weighted by molar-refractivity contribution is -0.128. The Hall–Kier alpha value is -2.80. The van der Waals surface area contributed by atoms with Crippen LogP contribution in [0.1, 0.15) is 25.6 Å². The molecule has 0 bridgehead atoms. The van der Waals surface area contributed by atoms with Crippen LogP contribution in [0.25, 0.3) is 11.0 Å². The van der Waals surface area contributed by atoms with Gasteiger partial charge in [-0.1, -0.05) is 43.7 Å². The number of thioether (sulfide) groups is 1. The van der Waals surface area contributed by atoms with Crippen molar-refractivity contribution in [3.8, 4) is 0 Å². The summed E-state index contributed by atoms with van der Waals surface area (Å²) in [6.45, 7) is 2.24. The Morgan fingerprint density at radius 2 is 1.71 bits per heavy atom. The molecule has 0 aliphatic carbocycles. The number of hydrazine groups is 1. The molecule has 2 amide bonds. The average Bonchev–Trinajstić information content (AvgIpc) is 3.07. The van der Waals surface area contributed by atoms with Crippen LogP contribution in [0.2, 0.25) is 0 Å². The fourth-order valence-electron chi connectivity index (χ4n) is 2.85. The van der Waals surface area contributed by atoms with Gasteiger partial charge in [0.05, 0.1) is 16.8 Å². The van der Waals surface area contributed by atoms with E-state index in [1.54, 1.807) is 0 Å². The number of unbranched alkanes of at least 4 members (excludes halogenated alkanes) is 1. The number of imidazole rings is 1. The Morgan fingerprint density at radius 3 is 2.50 bits per heavy atom. The molecule has 6 nitrogen and oxygen atoms in total. The quantitative estimate of drug-likeness (QED) is 0.452. The number of aryl methyl sites for hydroxylation is 1. The van der Waals surface area contributed by atoms with Crippen LogP contribution >= 0.6 is 11.8 Å². The number of hydrogen-bond acceptors (Lipinski definition) is 4. The van der Waals surface area contributed by atoms with Gasteiger partial charge in [0.2, 0.25) is 5.91 Å². The molecule has 0 radical (unpaired) electrons. The summed E-state index contributed by atoms with van der Waals surface area (Å²) in [5.41, 5.74) is 6.79. The predicted molar refractivity (Wildman–Crippen MR) is 112 cm³/mol. The molecular weight excluding hydrogens is 372 g/mol. The van der Waals surface area contributed by atoms with E-state index in [2.05, 4.69) is 22.8 Å². The summed E-state index contributed by atoms with van der Waals surface area (Å²) in [5, 5.41) is 0. The zero-order valence-corrected chi connectivity index (χ0v) is 16.7. The van der Waals surface area contributed by atoms with Crippen molar-refractivity contribution in [2.24, 2.45) is 0 Å². The maximum Gasteiger partial charge on any atom is 0.258 e. The molecule has 7 heteroatoms. The van der Waals surface area contributed by atoms with Gasteiger partial charge in [-0.3, -0.25) is 20.4 Å². The highest BCUT2D eigenvalue weighted by Crippen LogP contribution is 2.18. The molecule has 0 atom stereocenters. The monoisotopic (exact) mass is 396 g/mol. The summed E-state index contributed by atoms with van der Waals surface area (Å²) in [6.07, 6.45) is 2.89. The van der Waals surface area contributed by atoms with E-state index in [0.29, 0.717) is 0 Å². The molecular formula is C21H24N4O2S. The second-order valence-corrected chi connectivity index (χ2v) is 7.45. The molecule has 146 valence electrons. The van der Waals surface area contributed by atoms with E-state index < -0.39 is 0 Å². The minimum Gasteiger partial charge on any atom is -0.318 e. The van der Waals surface area contributed by atoms with E-state index >= 15 is 0 Å². The summed E-state index contributed by atoms with van der Waals surface area (Å²) in [7, 11) is 0. The van der Waals surface area contributed by atoms with Crippen LogP contribution in [-0.2, 0) is 22.6 Å². The number of carbonyl (C=O) groups excluding carboxylic acids is 2. The molecule has 2 aromatic carbocycles. The number of nitrogens with zero attached hydrogens (tertiary/aromatic N) is 2. The summed E-state index contributed by atoms with van der Waals surface area (Å²) in [6, 6.07) is 17.4. The van der Waals surface area contributed by atoms with Gasteiger partial charge in [-0.15, -0.1) is 11.8 Å². The zero-order chi connectivity index (χ0) is 19.8. The number of nitrogens with one attached hydrogen (secondary N) is 2. The van der Waals surface area contributed by atoms with Crippen molar-refractivity contribution in [1.29, 1.82) is 0 Å². The number of carbonyl (C=O) groups is 2. The molecule has 0 unspecified atom stereocenters. The molecule has 28 heavy (non-hydrogen) atoms. The van der Waals surface area contributed by atoms with Crippen molar-refractivity contribution in [2.45, 2.75) is 37.6 Å². The number of amides is 2. The van der Waals surface area contributed by atoms with Gasteiger partial charge in [0, 0.05) is 11.3 Å². The van der Waals surface area contributed by atoms with E-state index in [4.69, 9.17) is 0 Å². The van der Waals surface area contributed by atoms with Crippen LogP contribution in [0.15, 0.2) is 59.5 Å². The molecule has 0 saturated heterocycles. The second-order valence-electron chi connectivity index (χ2n) is 6.40. The smallest absolute Gasteiger partial charge is 0.258 e. The first-order valence-electron chi connectivity index (χ1n) is 9.37. The molecule has 0 saturated carbocycles. The van der Waals surface area contributed by atoms with E-state index in [0.717, 1.165) is 41.0 Å². The molecule has 1 aromatic heterocycles. The van der Waals surface area contributed by atoms with Crippen LogP contribution in [0.5, 0.6) is 0 Å². The van der Waals surface area contributed by atoms with Crippen LogP contribution < -0.4 is 10.9 Å². The van der Waals surface area contributed by atoms with Crippen LogP contribution in [0.3, 0.4) is 0 Å². The molecule has 2 N–H and O–H groups in total. The molecule has 0 aliphatic rings. The van der Waals surface area contributed by atoms with Crippen molar-refractivity contribution in [1.82, 2.24) is 20.4 Å². The van der Waals surface area contributed by atoms with Gasteiger partial charge in [0.15, 0.2) is 0 Å². The fourth-order valence-corrected chi connectivity index (χ4v) is 3.57. The number of rotatable bonds is 8. The first kappa shape index (κ1) is 19.9. The van der Waals surface area contributed by atoms with E-state index in [1.165, 1.54) is 11.8 Å². The van der Waals surface area contributed by atoms with Crippen molar-refractivity contribution < 1.29 is 9.59 Å². The number of benzene rings is 2. The van der Waals surface area contributed by atoms with E-state index in [-0.39, 0.29) is 24.1 Å². The van der Waals surface area contributed by atoms with Crippen LogP contribution in [0.4, 0.5) is 0 Å². The van der Waals surface area contributed by atoms with Gasteiger partial charge in [0.1, 0.15) is 12.4 Å². The minimum atomic E-state index is -0.279. The van der Waals surface area contributed by atoms with Gasteiger partial charge >= 0.3 is 0 Å². The maximum absolute atomic E-state index is 12.4. The molecule has 0 aliphatic heterocycles. The topological polar surface area (TPSA) is 76.0 Å². The highest BCUT2D eigenvalue weighted by Gasteiger charge is 2.13. The highest BCUT2D eigenvalue weighted by molar-refractivity contribution is 8.00. The summed E-state index contributed by atoms with van der Waals surface area (Å²) >= 11 is 1.42. The first-order valence-corrected chi connectivity index (χ1v) is 10.4. The van der Waals surface area contributed by atoms with Gasteiger partial charge < -0.3 is 4.57 Å². The lowest BCUT2D eigenvalue weighted by atomic mass is 10.2. The Kier molecular flexibility index (Phi) is 7.08. The predicted octanol–water partition coefficient (Wildman–Crippen LogP) is 3.32. The zero-order valence-electron chi connectivity index (χ0n) is 15.9. The molecule has 3 rings (SSSR count). The Morgan fingerprint density at radius 1 is 1.00 bits per heavy atom. The number of aromatic nitrogens is 2. The third kappa shape index (κ3) is 5.36. The number of fused-ring (bicyclic) bond motifs is 1. The third-order valence-electron chi connectivity index (χ3n) is 4.24. The number of para-hydroxylation sites is 2. The van der Waals surface area contributed by atoms with Crippen LogP contribution in [-0.4, -0.2) is 27.1 Å². The summed E-state index contributed by atoms with van der Waals surface area (Å²) in [4.78, 5) is 30.0. The Balaban J connectivity index is 1.56. The Labute approximate surface area is 168 Å². The lowest BCUT2D eigenvalue weighted by Crippen LogP contribution is -2.44. The largest absolute Gasteiger partial charge is 0.318 e. The fraction of sp³-hybridized carbons (Fsp3) is 0.286. The van der Waals surface area contributed by atoms with Crippen molar-refractivity contribution in [2.75, 3.05) is 5.75 Å². The number of hydrogen-bond donors (Lipinski definition) is 2. The standard InChI is InChI=1S/C21H24N4O2S/c1-2-3-13-19-22-17-11-7-8-12-18(17)25(19)14-20(26)23-24-21(27)15-28-16-9-5-4-6-10-16/h4-12H,2-3,13-15H2,1H3,(H,23,26)(H,24,27). The first-order chi connectivity index (χ1) is 13.7. The Bertz CT molecular complexity index is 940. The molecule has 0 spiro atoms. The average molecular weight is 397 g/mol. The van der Waals surface area contributed by atoms with Crippen molar-refractivity contribution in [3.63, 3.8) is 0 Å². The minimum absolute atomic E-state index is 0.117. The second kappa shape index (κ2) is 9.94. The van der Waals surface area contributed by atoms with Gasteiger partial charge in [0.25, 0.3) is 5.91 Å². The summed E-state index contributed by atoms with van der Waals surface area (Å²) in [5.74, 6) is 0.604. The van der Waals surface area contributed by atoms with E-state index in [1.807, 2.05) is 59.2 Å². The molecule has 1 heterocycles. The van der Waals surface area contributed by atoms with E-state index in [9.17, 15) is 9.59 Å².